The van der Waals surface area contributed by atoms with Crippen LogP contribution in [0.4, 0.5) is 5.69 Å². The standard InChI is InChI=1S/C9H14N2O2S/c1-10-14(3,12)9-6-4-5-8(7-9)11-13-2/h4-7,11H,1-3H3. The third-order valence-electron chi connectivity index (χ3n) is 1.84. The zero-order chi connectivity index (χ0) is 10.6. The minimum Gasteiger partial charge on any atom is -0.279 e. The van der Waals surface area contributed by atoms with Crippen LogP contribution >= 0.6 is 0 Å². The van der Waals surface area contributed by atoms with Crippen molar-refractivity contribution >= 4 is 15.4 Å². The van der Waals surface area contributed by atoms with E-state index in [0.29, 0.717) is 4.90 Å². The van der Waals surface area contributed by atoms with E-state index in [1.54, 1.807) is 25.4 Å². The Bertz CT molecular complexity index is 423. The number of nitrogens with zero attached hydrogens (tertiary/aromatic N) is 1. The predicted molar refractivity (Wildman–Crippen MR) is 57.8 cm³/mol. The largest absolute Gasteiger partial charge is 0.279 e. The van der Waals surface area contributed by atoms with Gasteiger partial charge in [0.1, 0.15) is 0 Å². The molecule has 0 aromatic heterocycles. The van der Waals surface area contributed by atoms with Gasteiger partial charge in [0.2, 0.25) is 0 Å². The van der Waals surface area contributed by atoms with Gasteiger partial charge in [-0.25, -0.2) is 8.57 Å². The monoisotopic (exact) mass is 214 g/mol. The molecule has 1 rings (SSSR count). The number of hydrogen-bond donors (Lipinski definition) is 1. The average Bonchev–Trinajstić information content (AvgIpc) is 2.19. The fourth-order valence-electron chi connectivity index (χ4n) is 1.02. The molecule has 0 amide bonds. The topological polar surface area (TPSA) is 50.7 Å². The van der Waals surface area contributed by atoms with Crippen molar-refractivity contribution in [3.8, 4) is 0 Å². The summed E-state index contributed by atoms with van der Waals surface area (Å²) in [6.45, 7) is 0. The quantitative estimate of drug-likeness (QED) is 0.780. The van der Waals surface area contributed by atoms with E-state index in [0.717, 1.165) is 5.69 Å². The Kier molecular flexibility index (Phi) is 3.49. The lowest BCUT2D eigenvalue weighted by Gasteiger charge is -2.06. The second kappa shape index (κ2) is 4.43. The van der Waals surface area contributed by atoms with Gasteiger partial charge in [0.15, 0.2) is 0 Å². The molecule has 5 heteroatoms. The molecule has 78 valence electrons. The minimum atomic E-state index is -2.26. The highest BCUT2D eigenvalue weighted by Crippen LogP contribution is 2.16. The van der Waals surface area contributed by atoms with Crippen LogP contribution in [0.25, 0.3) is 0 Å². The Morgan fingerprint density at radius 1 is 1.50 bits per heavy atom. The van der Waals surface area contributed by atoms with Gasteiger partial charge in [-0.2, -0.15) is 0 Å². The molecule has 1 aromatic rings. The van der Waals surface area contributed by atoms with Gasteiger partial charge in [-0.1, -0.05) is 6.07 Å². The maximum Gasteiger partial charge on any atom is 0.0721 e. The lowest BCUT2D eigenvalue weighted by Crippen LogP contribution is -2.00. The van der Waals surface area contributed by atoms with Crippen molar-refractivity contribution in [2.45, 2.75) is 4.90 Å². The van der Waals surface area contributed by atoms with Gasteiger partial charge in [0.25, 0.3) is 0 Å². The van der Waals surface area contributed by atoms with Crippen LogP contribution in [-0.4, -0.2) is 24.6 Å². The zero-order valence-electron chi connectivity index (χ0n) is 8.48. The van der Waals surface area contributed by atoms with Gasteiger partial charge >= 0.3 is 0 Å². The molecule has 0 spiro atoms. The second-order valence-electron chi connectivity index (χ2n) is 2.82. The summed E-state index contributed by atoms with van der Waals surface area (Å²) in [5.41, 5.74) is 3.44. The SMILES string of the molecule is CN=S(C)(=O)c1cccc(NOC)c1. The average molecular weight is 214 g/mol. The van der Waals surface area contributed by atoms with E-state index < -0.39 is 9.73 Å². The van der Waals surface area contributed by atoms with Gasteiger partial charge in [-0.15, -0.1) is 0 Å². The molecule has 0 radical (unpaired) electrons. The molecule has 0 fully saturated rings. The maximum absolute atomic E-state index is 11.9. The maximum atomic E-state index is 11.9. The number of anilines is 1. The smallest absolute Gasteiger partial charge is 0.0721 e. The van der Waals surface area contributed by atoms with Gasteiger partial charge in [0, 0.05) is 18.2 Å². The molecule has 4 nitrogen and oxygen atoms in total. The third-order valence-corrected chi connectivity index (χ3v) is 3.67. The van der Waals surface area contributed by atoms with Crippen molar-refractivity contribution in [1.29, 1.82) is 0 Å². The molecule has 1 aromatic carbocycles. The molecule has 1 unspecified atom stereocenters. The molecule has 0 heterocycles. The third kappa shape index (κ3) is 2.46. The van der Waals surface area contributed by atoms with Gasteiger partial charge in [-0.05, 0) is 18.2 Å². The number of rotatable bonds is 3. The summed E-state index contributed by atoms with van der Waals surface area (Å²) >= 11 is 0. The molecule has 1 atom stereocenters. The molecule has 1 N–H and O–H groups in total. The normalized spacial score (nSPS) is 14.5. The molecule has 14 heavy (non-hydrogen) atoms. The minimum absolute atomic E-state index is 0.696. The van der Waals surface area contributed by atoms with Crippen molar-refractivity contribution in [3.63, 3.8) is 0 Å². The van der Waals surface area contributed by atoms with Crippen LogP contribution in [0.1, 0.15) is 0 Å². The first-order valence-corrected chi connectivity index (χ1v) is 6.02. The van der Waals surface area contributed by atoms with E-state index in [9.17, 15) is 4.21 Å². The number of nitrogens with one attached hydrogen (secondary N) is 1. The molecule has 0 saturated heterocycles. The second-order valence-corrected chi connectivity index (χ2v) is 5.26. The van der Waals surface area contributed by atoms with Gasteiger partial charge in [0.05, 0.1) is 22.5 Å². The summed E-state index contributed by atoms with van der Waals surface area (Å²) in [7, 11) is 0.823. The van der Waals surface area contributed by atoms with E-state index in [2.05, 4.69) is 9.84 Å². The highest BCUT2D eigenvalue weighted by atomic mass is 32.2. The summed E-state index contributed by atoms with van der Waals surface area (Å²) in [6.07, 6.45) is 1.61. The molecular formula is C9H14N2O2S. The summed E-state index contributed by atoms with van der Waals surface area (Å²) in [4.78, 5) is 5.45. The van der Waals surface area contributed by atoms with Crippen LogP contribution in [0.15, 0.2) is 33.5 Å². The highest BCUT2D eigenvalue weighted by molar-refractivity contribution is 7.93. The van der Waals surface area contributed by atoms with E-state index in [-0.39, 0.29) is 0 Å². The van der Waals surface area contributed by atoms with E-state index >= 15 is 0 Å². The highest BCUT2D eigenvalue weighted by Gasteiger charge is 2.04. The van der Waals surface area contributed by atoms with Gasteiger partial charge in [-0.3, -0.25) is 10.3 Å². The van der Waals surface area contributed by atoms with Crippen molar-refractivity contribution < 1.29 is 9.05 Å². The molecule has 0 bridgehead atoms. The van der Waals surface area contributed by atoms with Crippen LogP contribution in [0.2, 0.25) is 0 Å². The molecule has 0 aliphatic heterocycles. The van der Waals surface area contributed by atoms with Crippen LogP contribution in [0, 0.1) is 0 Å². The lowest BCUT2D eigenvalue weighted by molar-refractivity contribution is 0.271. The van der Waals surface area contributed by atoms with Crippen LogP contribution in [0.5, 0.6) is 0 Å². The molecule has 0 aliphatic carbocycles. The predicted octanol–water partition coefficient (Wildman–Crippen LogP) is 1.75. The van der Waals surface area contributed by atoms with Crippen molar-refractivity contribution in [2.75, 3.05) is 25.9 Å². The number of hydrogen-bond acceptors (Lipinski definition) is 4. The van der Waals surface area contributed by atoms with Crippen LogP contribution < -0.4 is 5.48 Å². The van der Waals surface area contributed by atoms with Crippen LogP contribution in [-0.2, 0) is 14.6 Å². The fraction of sp³-hybridized carbons (Fsp3) is 0.333. The Hall–Kier alpha value is -1.07. The molecule has 0 saturated carbocycles. The number of benzene rings is 1. The van der Waals surface area contributed by atoms with E-state index in [1.807, 2.05) is 12.1 Å². The van der Waals surface area contributed by atoms with Crippen LogP contribution in [0.3, 0.4) is 0 Å². The van der Waals surface area contributed by atoms with Crippen molar-refractivity contribution in [3.05, 3.63) is 24.3 Å². The Labute approximate surface area is 84.4 Å². The first-order chi connectivity index (χ1) is 6.60. The fourth-order valence-corrected chi connectivity index (χ4v) is 1.91. The first-order valence-electron chi connectivity index (χ1n) is 4.09. The summed E-state index contributed by atoms with van der Waals surface area (Å²) < 4.78 is 15.7. The summed E-state index contributed by atoms with van der Waals surface area (Å²) in [6, 6.07) is 7.19. The first kappa shape index (κ1) is 11.0. The lowest BCUT2D eigenvalue weighted by atomic mass is 10.3. The Morgan fingerprint density at radius 2 is 2.21 bits per heavy atom. The van der Waals surface area contributed by atoms with Crippen molar-refractivity contribution in [1.82, 2.24) is 0 Å². The van der Waals surface area contributed by atoms with Gasteiger partial charge < -0.3 is 0 Å². The zero-order valence-corrected chi connectivity index (χ0v) is 9.30. The Morgan fingerprint density at radius 3 is 2.79 bits per heavy atom. The Balaban J connectivity index is 3.13. The molecular weight excluding hydrogens is 200 g/mol. The summed E-state index contributed by atoms with van der Waals surface area (Å²) in [5.74, 6) is 0. The van der Waals surface area contributed by atoms with E-state index in [1.165, 1.54) is 7.11 Å². The van der Waals surface area contributed by atoms with E-state index in [4.69, 9.17) is 4.84 Å². The molecule has 0 aliphatic rings. The summed E-state index contributed by atoms with van der Waals surface area (Å²) in [5, 5.41) is 0. The van der Waals surface area contributed by atoms with Crippen molar-refractivity contribution in [2.24, 2.45) is 4.36 Å².